The second-order valence-electron chi connectivity index (χ2n) is 4.75. The highest BCUT2D eigenvalue weighted by molar-refractivity contribution is 5.98. The Bertz CT molecular complexity index is 465. The number of amides is 1. The highest BCUT2D eigenvalue weighted by Crippen LogP contribution is 2.23. The predicted octanol–water partition coefficient (Wildman–Crippen LogP) is 1.18. The molecule has 0 aliphatic carbocycles. The van der Waals surface area contributed by atoms with Gasteiger partial charge in [-0.1, -0.05) is 0 Å². The topological polar surface area (TPSA) is 79.5 Å². The number of likely N-dealkylation sites (tertiary alicyclic amines) is 1. The first-order valence-electron chi connectivity index (χ1n) is 6.46. The lowest BCUT2D eigenvalue weighted by Crippen LogP contribution is -2.44. The summed E-state index contributed by atoms with van der Waals surface area (Å²) in [5.41, 5.74) is 5.74. The van der Waals surface area contributed by atoms with Crippen molar-refractivity contribution in [2.45, 2.75) is 31.7 Å². The number of aliphatic hydroxyl groups excluding tert-OH is 1. The summed E-state index contributed by atoms with van der Waals surface area (Å²) in [6, 6.07) is 1.11. The van der Waals surface area contributed by atoms with E-state index in [0.29, 0.717) is 13.0 Å². The maximum absolute atomic E-state index is 13.2. The number of nitrogen functional groups attached to an aromatic ring is 1. The van der Waals surface area contributed by atoms with Gasteiger partial charge in [0, 0.05) is 19.2 Å². The Morgan fingerprint density at radius 1 is 1.58 bits per heavy atom. The molecule has 2 rings (SSSR count). The van der Waals surface area contributed by atoms with Gasteiger partial charge in [-0.2, -0.15) is 0 Å². The number of hydrogen-bond donors (Lipinski definition) is 2. The number of piperidine rings is 1. The van der Waals surface area contributed by atoms with Crippen LogP contribution < -0.4 is 5.73 Å². The van der Waals surface area contributed by atoms with Crippen molar-refractivity contribution in [3.05, 3.63) is 23.6 Å². The van der Waals surface area contributed by atoms with Crippen molar-refractivity contribution in [1.82, 2.24) is 9.88 Å². The number of halogens is 1. The molecule has 2 heterocycles. The molecule has 1 aromatic heterocycles. The van der Waals surface area contributed by atoms with Gasteiger partial charge in [0.15, 0.2) is 0 Å². The van der Waals surface area contributed by atoms with Gasteiger partial charge < -0.3 is 15.7 Å². The lowest BCUT2D eigenvalue weighted by molar-refractivity contribution is 0.0575. The maximum atomic E-state index is 13.2. The Morgan fingerprint density at radius 3 is 3.11 bits per heavy atom. The first-order valence-corrected chi connectivity index (χ1v) is 6.46. The molecule has 3 N–H and O–H groups in total. The number of aliphatic hydroxyl groups is 1. The molecule has 1 saturated heterocycles. The van der Waals surface area contributed by atoms with E-state index in [2.05, 4.69) is 4.98 Å². The van der Waals surface area contributed by atoms with E-state index in [4.69, 9.17) is 10.8 Å². The van der Waals surface area contributed by atoms with Gasteiger partial charge in [0.1, 0.15) is 11.6 Å². The van der Waals surface area contributed by atoms with Crippen molar-refractivity contribution < 1.29 is 14.3 Å². The van der Waals surface area contributed by atoms with Gasteiger partial charge in [-0.25, -0.2) is 9.37 Å². The third kappa shape index (κ3) is 3.01. The normalized spacial score (nSPS) is 19.5. The number of pyridine rings is 1. The number of carbonyl (C=O) groups is 1. The van der Waals surface area contributed by atoms with Crippen LogP contribution in [0.25, 0.3) is 0 Å². The van der Waals surface area contributed by atoms with E-state index in [1.165, 1.54) is 0 Å². The molecule has 0 radical (unpaired) electrons. The molecule has 104 valence electrons. The number of hydrogen-bond acceptors (Lipinski definition) is 4. The van der Waals surface area contributed by atoms with E-state index in [0.717, 1.165) is 31.5 Å². The number of nitrogens with zero attached hydrogens (tertiary/aromatic N) is 2. The van der Waals surface area contributed by atoms with Gasteiger partial charge in [-0.3, -0.25) is 4.79 Å². The molecular weight excluding hydrogens is 249 g/mol. The van der Waals surface area contributed by atoms with E-state index in [-0.39, 0.29) is 29.9 Å². The third-order valence-corrected chi connectivity index (χ3v) is 3.47. The van der Waals surface area contributed by atoms with Gasteiger partial charge in [0.05, 0.1) is 11.8 Å². The minimum atomic E-state index is -0.576. The van der Waals surface area contributed by atoms with Crippen LogP contribution in [0.15, 0.2) is 12.3 Å². The van der Waals surface area contributed by atoms with Crippen LogP contribution in [0.4, 0.5) is 10.2 Å². The monoisotopic (exact) mass is 267 g/mol. The molecule has 1 amide bonds. The average Bonchev–Trinajstić information content (AvgIpc) is 2.42. The zero-order valence-electron chi connectivity index (χ0n) is 10.7. The lowest BCUT2D eigenvalue weighted by Gasteiger charge is -2.35. The maximum Gasteiger partial charge on any atom is 0.257 e. The van der Waals surface area contributed by atoms with Crippen molar-refractivity contribution in [2.24, 2.45) is 0 Å². The number of carbonyl (C=O) groups excluding carboxylic acids is 1. The second kappa shape index (κ2) is 5.97. The Labute approximate surface area is 111 Å². The molecule has 1 aliphatic rings. The van der Waals surface area contributed by atoms with Crippen molar-refractivity contribution in [3.63, 3.8) is 0 Å². The molecule has 19 heavy (non-hydrogen) atoms. The van der Waals surface area contributed by atoms with E-state index in [1.807, 2.05) is 0 Å². The van der Waals surface area contributed by atoms with Crippen LogP contribution >= 0.6 is 0 Å². The van der Waals surface area contributed by atoms with Gasteiger partial charge in [-0.05, 0) is 31.7 Å². The molecule has 1 atom stereocenters. The highest BCUT2D eigenvalue weighted by Gasteiger charge is 2.28. The largest absolute Gasteiger partial charge is 0.396 e. The molecule has 1 aliphatic heterocycles. The summed E-state index contributed by atoms with van der Waals surface area (Å²) in [4.78, 5) is 17.8. The van der Waals surface area contributed by atoms with Crippen LogP contribution in [-0.4, -0.2) is 40.1 Å². The standard InChI is InChI=1S/C13H18FN3O2/c14-9-7-11(12(15)16-8-9)13(19)17-5-2-1-3-10(17)4-6-18/h7-8,10,18H,1-6H2,(H2,15,16). The summed E-state index contributed by atoms with van der Waals surface area (Å²) < 4.78 is 13.2. The summed E-state index contributed by atoms with van der Waals surface area (Å²) in [6.07, 6.45) is 4.33. The van der Waals surface area contributed by atoms with E-state index in [1.54, 1.807) is 4.90 Å². The van der Waals surface area contributed by atoms with Gasteiger partial charge >= 0.3 is 0 Å². The van der Waals surface area contributed by atoms with E-state index >= 15 is 0 Å². The zero-order chi connectivity index (χ0) is 13.8. The molecule has 0 aromatic carbocycles. The average molecular weight is 267 g/mol. The van der Waals surface area contributed by atoms with E-state index < -0.39 is 5.82 Å². The fourth-order valence-electron chi connectivity index (χ4n) is 2.49. The lowest BCUT2D eigenvalue weighted by atomic mass is 9.98. The van der Waals surface area contributed by atoms with E-state index in [9.17, 15) is 9.18 Å². The van der Waals surface area contributed by atoms with Crippen LogP contribution in [0.2, 0.25) is 0 Å². The first-order chi connectivity index (χ1) is 9.13. The summed E-state index contributed by atoms with van der Waals surface area (Å²) in [6.45, 7) is 0.644. The Kier molecular flexibility index (Phi) is 4.31. The molecule has 0 bridgehead atoms. The minimum Gasteiger partial charge on any atom is -0.396 e. The quantitative estimate of drug-likeness (QED) is 0.862. The fourth-order valence-corrected chi connectivity index (χ4v) is 2.49. The smallest absolute Gasteiger partial charge is 0.257 e. The van der Waals surface area contributed by atoms with Gasteiger partial charge in [0.25, 0.3) is 5.91 Å². The summed E-state index contributed by atoms with van der Waals surface area (Å²) in [5.74, 6) is -0.837. The molecule has 1 unspecified atom stereocenters. The molecule has 0 spiro atoms. The Hall–Kier alpha value is -1.69. The number of nitrogens with two attached hydrogens (primary N) is 1. The predicted molar refractivity (Wildman–Crippen MR) is 69.0 cm³/mol. The minimum absolute atomic E-state index is 0.00563. The molecule has 1 aromatic rings. The van der Waals surface area contributed by atoms with Crippen LogP contribution in [0.1, 0.15) is 36.0 Å². The molecule has 1 fully saturated rings. The summed E-state index contributed by atoms with van der Waals surface area (Å²) in [7, 11) is 0. The number of anilines is 1. The van der Waals surface area contributed by atoms with Crippen molar-refractivity contribution in [1.29, 1.82) is 0 Å². The number of aromatic nitrogens is 1. The Balaban J connectivity index is 2.23. The molecule has 0 saturated carbocycles. The summed E-state index contributed by atoms with van der Waals surface area (Å²) >= 11 is 0. The van der Waals surface area contributed by atoms with Crippen LogP contribution in [0.3, 0.4) is 0 Å². The number of rotatable bonds is 3. The molecule has 6 heteroatoms. The third-order valence-electron chi connectivity index (χ3n) is 3.47. The van der Waals surface area contributed by atoms with Crippen molar-refractivity contribution in [3.8, 4) is 0 Å². The van der Waals surface area contributed by atoms with Gasteiger partial charge in [-0.15, -0.1) is 0 Å². The van der Waals surface area contributed by atoms with Crippen molar-refractivity contribution >= 4 is 11.7 Å². The summed E-state index contributed by atoms with van der Waals surface area (Å²) in [5, 5.41) is 9.05. The Morgan fingerprint density at radius 2 is 2.37 bits per heavy atom. The second-order valence-corrected chi connectivity index (χ2v) is 4.75. The SMILES string of the molecule is Nc1ncc(F)cc1C(=O)N1CCCCC1CCO. The zero-order valence-corrected chi connectivity index (χ0v) is 10.7. The van der Waals surface area contributed by atoms with Crippen molar-refractivity contribution in [2.75, 3.05) is 18.9 Å². The van der Waals surface area contributed by atoms with Crippen LogP contribution in [0.5, 0.6) is 0 Å². The van der Waals surface area contributed by atoms with Crippen LogP contribution in [0, 0.1) is 5.82 Å². The fraction of sp³-hybridized carbons (Fsp3) is 0.538. The highest BCUT2D eigenvalue weighted by atomic mass is 19.1. The first kappa shape index (κ1) is 13.7. The molecular formula is C13H18FN3O2. The molecule has 5 nitrogen and oxygen atoms in total. The van der Waals surface area contributed by atoms with Gasteiger partial charge in [0.2, 0.25) is 0 Å². The van der Waals surface area contributed by atoms with Crippen LogP contribution in [-0.2, 0) is 0 Å².